The van der Waals surface area contributed by atoms with Crippen LogP contribution in [-0.4, -0.2) is 6.10 Å². The largest absolute Gasteiger partial charge is 0.473 e. The predicted molar refractivity (Wildman–Crippen MR) is 63.6 cm³/mol. The van der Waals surface area contributed by atoms with Crippen LogP contribution < -0.4 is 10.5 Å². The van der Waals surface area contributed by atoms with Gasteiger partial charge in [0.1, 0.15) is 11.8 Å². The van der Waals surface area contributed by atoms with E-state index < -0.39 is 6.10 Å². The lowest BCUT2D eigenvalue weighted by Crippen LogP contribution is -2.14. The minimum atomic E-state index is -0.438. The molecule has 80 valence electrons. The number of nitrogens with zero attached hydrogens (tertiary/aromatic N) is 1. The highest BCUT2D eigenvalue weighted by Crippen LogP contribution is 2.31. The smallest absolute Gasteiger partial charge is 0.184 e. The number of aryl methyl sites for hydroxylation is 1. The van der Waals surface area contributed by atoms with Gasteiger partial charge in [0.05, 0.1) is 5.69 Å². The zero-order valence-electron chi connectivity index (χ0n) is 8.75. The van der Waals surface area contributed by atoms with E-state index in [1.807, 2.05) is 19.9 Å². The Hall–Kier alpha value is -1.21. The van der Waals surface area contributed by atoms with Crippen molar-refractivity contribution in [3.63, 3.8) is 0 Å². The second-order valence-electron chi connectivity index (χ2n) is 3.28. The Labute approximate surface area is 98.0 Å². The average molecular weight is 269 g/mol. The standard InChI is InChI=1S/C11H13BrN2O/c1-3-9(6-13)15-11-7(2)4-8(12)5-10(11)14/h4-5,9H,3,14H2,1-2H3. The van der Waals surface area contributed by atoms with Crippen molar-refractivity contribution in [1.29, 1.82) is 5.26 Å². The molecule has 0 amide bonds. The monoisotopic (exact) mass is 268 g/mol. The maximum atomic E-state index is 8.80. The van der Waals surface area contributed by atoms with Crippen molar-refractivity contribution in [2.24, 2.45) is 0 Å². The van der Waals surface area contributed by atoms with Crippen LogP contribution in [0.15, 0.2) is 16.6 Å². The van der Waals surface area contributed by atoms with E-state index in [0.717, 1.165) is 10.0 Å². The number of hydrogen-bond donors (Lipinski definition) is 1. The van der Waals surface area contributed by atoms with E-state index in [9.17, 15) is 0 Å². The van der Waals surface area contributed by atoms with Crippen molar-refractivity contribution < 1.29 is 4.74 Å². The van der Waals surface area contributed by atoms with E-state index in [4.69, 9.17) is 15.7 Å². The van der Waals surface area contributed by atoms with E-state index in [1.165, 1.54) is 0 Å². The van der Waals surface area contributed by atoms with Gasteiger partial charge in [0.2, 0.25) is 0 Å². The van der Waals surface area contributed by atoms with Crippen LogP contribution in [0.1, 0.15) is 18.9 Å². The number of hydrogen-bond acceptors (Lipinski definition) is 3. The fourth-order valence-electron chi connectivity index (χ4n) is 1.26. The van der Waals surface area contributed by atoms with Crippen molar-refractivity contribution in [2.45, 2.75) is 26.4 Å². The van der Waals surface area contributed by atoms with Crippen LogP contribution >= 0.6 is 15.9 Å². The topological polar surface area (TPSA) is 59.0 Å². The number of anilines is 1. The lowest BCUT2D eigenvalue weighted by atomic mass is 10.2. The van der Waals surface area contributed by atoms with Gasteiger partial charge >= 0.3 is 0 Å². The molecule has 0 saturated heterocycles. The van der Waals surface area contributed by atoms with E-state index in [2.05, 4.69) is 22.0 Å². The third-order valence-electron chi connectivity index (χ3n) is 2.04. The molecular weight excluding hydrogens is 256 g/mol. The van der Waals surface area contributed by atoms with Crippen LogP contribution in [0.4, 0.5) is 5.69 Å². The summed E-state index contributed by atoms with van der Waals surface area (Å²) in [5.41, 5.74) is 7.29. The highest BCUT2D eigenvalue weighted by molar-refractivity contribution is 9.10. The van der Waals surface area contributed by atoms with Crippen molar-refractivity contribution >= 4 is 21.6 Å². The predicted octanol–water partition coefficient (Wildman–Crippen LogP) is 3.02. The molecule has 2 N–H and O–H groups in total. The van der Waals surface area contributed by atoms with E-state index >= 15 is 0 Å². The zero-order chi connectivity index (χ0) is 11.4. The average Bonchev–Trinajstić information content (AvgIpc) is 2.17. The second kappa shape index (κ2) is 5.04. The fraction of sp³-hybridized carbons (Fsp3) is 0.364. The normalized spacial score (nSPS) is 11.9. The third-order valence-corrected chi connectivity index (χ3v) is 2.50. The molecule has 3 nitrogen and oxygen atoms in total. The maximum Gasteiger partial charge on any atom is 0.184 e. The quantitative estimate of drug-likeness (QED) is 0.858. The number of benzene rings is 1. The Morgan fingerprint density at radius 2 is 2.27 bits per heavy atom. The van der Waals surface area contributed by atoms with Crippen LogP contribution in [0, 0.1) is 18.3 Å². The van der Waals surface area contributed by atoms with Crippen molar-refractivity contribution in [2.75, 3.05) is 5.73 Å². The Morgan fingerprint density at radius 1 is 1.60 bits per heavy atom. The van der Waals surface area contributed by atoms with Gasteiger partial charge in [0, 0.05) is 4.47 Å². The highest BCUT2D eigenvalue weighted by atomic mass is 79.9. The molecule has 1 unspecified atom stereocenters. The first-order chi connectivity index (χ1) is 7.08. The lowest BCUT2D eigenvalue weighted by Gasteiger charge is -2.15. The molecule has 1 aromatic carbocycles. The summed E-state index contributed by atoms with van der Waals surface area (Å²) < 4.78 is 6.43. The van der Waals surface area contributed by atoms with Crippen LogP contribution in [0.25, 0.3) is 0 Å². The van der Waals surface area contributed by atoms with Crippen molar-refractivity contribution in [3.8, 4) is 11.8 Å². The molecule has 0 spiro atoms. The molecule has 1 rings (SSSR count). The van der Waals surface area contributed by atoms with Crippen molar-refractivity contribution in [1.82, 2.24) is 0 Å². The highest BCUT2D eigenvalue weighted by Gasteiger charge is 2.11. The molecule has 0 bridgehead atoms. The minimum Gasteiger partial charge on any atom is -0.473 e. The van der Waals surface area contributed by atoms with Gasteiger partial charge in [-0.05, 0) is 31.0 Å². The summed E-state index contributed by atoms with van der Waals surface area (Å²) in [6.07, 6.45) is 0.206. The number of nitrogens with two attached hydrogens (primary N) is 1. The van der Waals surface area contributed by atoms with Gasteiger partial charge in [-0.25, -0.2) is 0 Å². The van der Waals surface area contributed by atoms with E-state index in [1.54, 1.807) is 6.07 Å². The maximum absolute atomic E-state index is 8.80. The Morgan fingerprint density at radius 3 is 2.73 bits per heavy atom. The Balaban J connectivity index is 3.00. The molecule has 1 aromatic rings. The summed E-state index contributed by atoms with van der Waals surface area (Å²) >= 11 is 3.35. The molecule has 1 atom stereocenters. The number of nitrogen functional groups attached to an aromatic ring is 1. The van der Waals surface area contributed by atoms with Crippen LogP contribution in [0.3, 0.4) is 0 Å². The minimum absolute atomic E-state index is 0.438. The molecule has 0 fully saturated rings. The molecule has 4 heteroatoms. The summed E-state index contributed by atoms with van der Waals surface area (Å²) in [5.74, 6) is 0.603. The van der Waals surface area contributed by atoms with Gasteiger partial charge in [-0.1, -0.05) is 22.9 Å². The summed E-state index contributed by atoms with van der Waals surface area (Å²) in [6, 6.07) is 5.76. The fourth-order valence-corrected chi connectivity index (χ4v) is 1.85. The summed E-state index contributed by atoms with van der Waals surface area (Å²) in [5, 5.41) is 8.80. The molecule has 0 aliphatic carbocycles. The van der Waals surface area contributed by atoms with Gasteiger partial charge in [-0.3, -0.25) is 0 Å². The van der Waals surface area contributed by atoms with Crippen LogP contribution in [-0.2, 0) is 0 Å². The van der Waals surface area contributed by atoms with Gasteiger partial charge < -0.3 is 10.5 Å². The molecule has 0 saturated carbocycles. The van der Waals surface area contributed by atoms with Gasteiger partial charge in [-0.15, -0.1) is 0 Å². The first-order valence-corrected chi connectivity index (χ1v) is 5.49. The third kappa shape index (κ3) is 2.87. The molecule has 0 aliphatic heterocycles. The molecule has 0 radical (unpaired) electrons. The molecule has 0 aliphatic rings. The first kappa shape index (κ1) is 11.9. The van der Waals surface area contributed by atoms with Crippen LogP contribution in [0.2, 0.25) is 0 Å². The Bertz CT molecular complexity index is 375. The summed E-state index contributed by atoms with van der Waals surface area (Å²) in [7, 11) is 0. The summed E-state index contributed by atoms with van der Waals surface area (Å²) in [4.78, 5) is 0. The number of nitriles is 1. The second-order valence-corrected chi connectivity index (χ2v) is 4.20. The molecule has 0 aromatic heterocycles. The van der Waals surface area contributed by atoms with Gasteiger partial charge in [-0.2, -0.15) is 5.26 Å². The Kier molecular flexibility index (Phi) is 3.98. The van der Waals surface area contributed by atoms with E-state index in [0.29, 0.717) is 17.9 Å². The zero-order valence-corrected chi connectivity index (χ0v) is 10.3. The van der Waals surface area contributed by atoms with Crippen molar-refractivity contribution in [3.05, 3.63) is 22.2 Å². The number of halogens is 1. The number of ether oxygens (including phenoxy) is 1. The molecule has 0 heterocycles. The van der Waals surface area contributed by atoms with E-state index in [-0.39, 0.29) is 0 Å². The van der Waals surface area contributed by atoms with Gasteiger partial charge in [0.25, 0.3) is 0 Å². The molecular formula is C11H13BrN2O. The molecule has 15 heavy (non-hydrogen) atoms. The number of rotatable bonds is 3. The SMILES string of the molecule is CCC(C#N)Oc1c(C)cc(Br)cc1N. The summed E-state index contributed by atoms with van der Waals surface area (Å²) in [6.45, 7) is 3.80. The lowest BCUT2D eigenvalue weighted by molar-refractivity contribution is 0.251. The first-order valence-electron chi connectivity index (χ1n) is 4.70. The van der Waals surface area contributed by atoms with Crippen LogP contribution in [0.5, 0.6) is 5.75 Å². The van der Waals surface area contributed by atoms with Gasteiger partial charge in [0.15, 0.2) is 6.10 Å².